The molecule has 1 aromatic carbocycles. The van der Waals surface area contributed by atoms with Crippen molar-refractivity contribution in [1.82, 2.24) is 30.3 Å². The number of nitrogens with one attached hydrogen (secondary N) is 2. The maximum atomic E-state index is 14.2. The van der Waals surface area contributed by atoms with Gasteiger partial charge in [-0.1, -0.05) is 0 Å². The highest BCUT2D eigenvalue weighted by molar-refractivity contribution is 6.00. The third-order valence-electron chi connectivity index (χ3n) is 8.22. The van der Waals surface area contributed by atoms with E-state index in [1.54, 1.807) is 6.92 Å². The lowest BCUT2D eigenvalue weighted by Crippen LogP contribution is -2.56. The minimum absolute atomic E-state index is 0.0270. The van der Waals surface area contributed by atoms with Gasteiger partial charge in [0.05, 0.1) is 18.5 Å². The van der Waals surface area contributed by atoms with Crippen LogP contribution in [0.4, 0.5) is 9.18 Å². The first-order chi connectivity index (χ1) is 22.5. The molecule has 5 amide bonds. The number of aromatic nitrogens is 1. The topological polar surface area (TPSA) is 188 Å². The molecule has 1 aliphatic carbocycles. The first kappa shape index (κ1) is 33.3. The summed E-state index contributed by atoms with van der Waals surface area (Å²) in [6.45, 7) is 2.32. The minimum Gasteiger partial charge on any atom is -0.483 e. The highest BCUT2D eigenvalue weighted by atomic mass is 19.1. The summed E-state index contributed by atoms with van der Waals surface area (Å²) in [5.74, 6) is -4.18. The van der Waals surface area contributed by atoms with Crippen molar-refractivity contribution < 1.29 is 47.7 Å². The standard InChI is InChI=1S/C31H37FN6O9/c1-2-46-31(45)37-12-10-36(11-13-37)30(44)23(16-27(40)41)35-28(42)22-15-25(20-8-5-18(32)14-21(20)34-22)47-17-26(39)38-9-3-4-24(38)29(43)33-19-6-7-19/h5,8,14-15,19,23-24H,2-4,6-7,9-13,16-17H2,1H3,(H,33,43)(H,35,42)(H,40,41)/t23-,24-/m0/s1. The summed E-state index contributed by atoms with van der Waals surface area (Å²) in [5.41, 5.74) is -0.275. The van der Waals surface area contributed by atoms with Crippen molar-refractivity contribution in [1.29, 1.82) is 0 Å². The van der Waals surface area contributed by atoms with Crippen molar-refractivity contribution in [2.24, 2.45) is 0 Å². The smallest absolute Gasteiger partial charge is 0.409 e. The molecule has 1 saturated carbocycles. The van der Waals surface area contributed by atoms with Crippen molar-refractivity contribution in [3.05, 3.63) is 35.8 Å². The van der Waals surface area contributed by atoms with Gasteiger partial charge in [-0.05, 0) is 44.7 Å². The average Bonchev–Trinajstić information content (AvgIpc) is 3.72. The second-order valence-electron chi connectivity index (χ2n) is 11.6. The van der Waals surface area contributed by atoms with Crippen LogP contribution in [0.1, 0.15) is 49.5 Å². The summed E-state index contributed by atoms with van der Waals surface area (Å²) in [6.07, 6.45) is 1.78. The number of carbonyl (C=O) groups excluding carboxylic acids is 5. The van der Waals surface area contributed by atoms with E-state index in [4.69, 9.17) is 9.47 Å². The van der Waals surface area contributed by atoms with Crippen LogP contribution in [0.15, 0.2) is 24.3 Å². The molecule has 15 nitrogen and oxygen atoms in total. The number of carboxylic acids is 1. The zero-order chi connectivity index (χ0) is 33.7. The number of hydrogen-bond acceptors (Lipinski definition) is 9. The second kappa shape index (κ2) is 14.6. The third kappa shape index (κ3) is 8.23. The van der Waals surface area contributed by atoms with Crippen LogP contribution in [0.5, 0.6) is 5.75 Å². The Kier molecular flexibility index (Phi) is 10.4. The number of pyridine rings is 1. The molecule has 0 spiro atoms. The molecule has 2 saturated heterocycles. The molecule has 2 aromatic rings. The lowest BCUT2D eigenvalue weighted by molar-refractivity contribution is -0.143. The normalized spacial score (nSPS) is 18.4. The highest BCUT2D eigenvalue weighted by Gasteiger charge is 2.37. The molecule has 16 heteroatoms. The van der Waals surface area contributed by atoms with E-state index in [-0.39, 0.29) is 61.7 Å². The number of carboxylic acid groups (broad SMARTS) is 1. The second-order valence-corrected chi connectivity index (χ2v) is 11.6. The van der Waals surface area contributed by atoms with E-state index in [0.717, 1.165) is 18.9 Å². The molecule has 0 bridgehead atoms. The van der Waals surface area contributed by atoms with E-state index in [2.05, 4.69) is 15.6 Å². The van der Waals surface area contributed by atoms with Crippen LogP contribution in [0.25, 0.3) is 10.9 Å². The van der Waals surface area contributed by atoms with E-state index in [1.807, 2.05) is 0 Å². The molecule has 0 radical (unpaired) electrons. The van der Waals surface area contributed by atoms with Crippen LogP contribution in [0.3, 0.4) is 0 Å². The maximum absolute atomic E-state index is 14.2. The number of likely N-dealkylation sites (tertiary alicyclic amines) is 1. The van der Waals surface area contributed by atoms with Crippen LogP contribution >= 0.6 is 0 Å². The molecule has 252 valence electrons. The Bertz CT molecular complexity index is 1560. The van der Waals surface area contributed by atoms with Gasteiger partial charge >= 0.3 is 12.1 Å². The molecule has 3 fully saturated rings. The number of ether oxygens (including phenoxy) is 2. The van der Waals surface area contributed by atoms with Gasteiger partial charge in [0.2, 0.25) is 11.8 Å². The van der Waals surface area contributed by atoms with Gasteiger partial charge in [-0.15, -0.1) is 0 Å². The Labute approximate surface area is 269 Å². The van der Waals surface area contributed by atoms with Gasteiger partial charge in [0.1, 0.15) is 29.3 Å². The zero-order valence-electron chi connectivity index (χ0n) is 25.9. The minimum atomic E-state index is -1.47. The quantitative estimate of drug-likeness (QED) is 0.314. The van der Waals surface area contributed by atoms with Crippen LogP contribution in [0.2, 0.25) is 0 Å². The molecule has 3 N–H and O–H groups in total. The number of nitrogens with zero attached hydrogens (tertiary/aromatic N) is 4. The van der Waals surface area contributed by atoms with Gasteiger partial charge in [0, 0.05) is 56.3 Å². The fourth-order valence-electron chi connectivity index (χ4n) is 5.64. The Morgan fingerprint density at radius 2 is 1.74 bits per heavy atom. The molecule has 5 rings (SSSR count). The average molecular weight is 657 g/mol. The lowest BCUT2D eigenvalue weighted by atomic mass is 10.1. The van der Waals surface area contributed by atoms with E-state index in [0.29, 0.717) is 24.8 Å². The van der Waals surface area contributed by atoms with Crippen LogP contribution in [0, 0.1) is 5.82 Å². The van der Waals surface area contributed by atoms with E-state index < -0.39 is 60.7 Å². The largest absolute Gasteiger partial charge is 0.483 e. The Hall–Kier alpha value is -5.02. The van der Waals surface area contributed by atoms with Gasteiger partial charge in [-0.3, -0.25) is 24.0 Å². The Balaban J connectivity index is 1.29. The molecule has 3 heterocycles. The summed E-state index contributed by atoms with van der Waals surface area (Å²) in [4.78, 5) is 84.6. The maximum Gasteiger partial charge on any atom is 0.409 e. The first-order valence-corrected chi connectivity index (χ1v) is 15.6. The Morgan fingerprint density at radius 1 is 1.02 bits per heavy atom. The summed E-state index contributed by atoms with van der Waals surface area (Å²) in [7, 11) is 0. The molecule has 1 aromatic heterocycles. The molecule has 3 aliphatic rings. The fraction of sp³-hybridized carbons (Fsp3) is 0.516. The number of rotatable bonds is 11. The fourth-order valence-corrected chi connectivity index (χ4v) is 5.64. The predicted octanol–water partition coefficient (Wildman–Crippen LogP) is 0.896. The van der Waals surface area contributed by atoms with E-state index in [1.165, 1.54) is 32.9 Å². The van der Waals surface area contributed by atoms with Gasteiger partial charge in [0.15, 0.2) is 6.61 Å². The number of fused-ring (bicyclic) bond motifs is 1. The number of amides is 5. The molecular formula is C31H37FN6O9. The van der Waals surface area contributed by atoms with E-state index >= 15 is 0 Å². The van der Waals surface area contributed by atoms with Gasteiger partial charge in [0.25, 0.3) is 11.8 Å². The van der Waals surface area contributed by atoms with Crippen molar-refractivity contribution in [2.45, 2.75) is 57.2 Å². The molecule has 47 heavy (non-hydrogen) atoms. The first-order valence-electron chi connectivity index (χ1n) is 15.6. The number of piperazine rings is 1. The summed E-state index contributed by atoms with van der Waals surface area (Å²) >= 11 is 0. The summed E-state index contributed by atoms with van der Waals surface area (Å²) in [6, 6.07) is 2.92. The van der Waals surface area contributed by atoms with Gasteiger partial charge in [-0.25, -0.2) is 14.2 Å². The number of hydrogen-bond donors (Lipinski definition) is 3. The van der Waals surface area contributed by atoms with Crippen molar-refractivity contribution in [3.8, 4) is 5.75 Å². The monoisotopic (exact) mass is 656 g/mol. The van der Waals surface area contributed by atoms with Crippen molar-refractivity contribution in [2.75, 3.05) is 45.9 Å². The SMILES string of the molecule is CCOC(=O)N1CCN(C(=O)[C@H](CC(=O)O)NC(=O)c2cc(OCC(=O)N3CCC[C@H]3C(=O)NC3CC3)c3ccc(F)cc3n2)CC1. The number of carbonyl (C=O) groups is 6. The number of aliphatic carboxylic acids is 1. The zero-order valence-corrected chi connectivity index (χ0v) is 25.9. The van der Waals surface area contributed by atoms with Crippen molar-refractivity contribution in [3.63, 3.8) is 0 Å². The third-order valence-corrected chi connectivity index (χ3v) is 8.22. The predicted molar refractivity (Wildman–Crippen MR) is 162 cm³/mol. The van der Waals surface area contributed by atoms with Crippen LogP contribution in [-0.4, -0.2) is 125 Å². The number of halogens is 1. The lowest BCUT2D eigenvalue weighted by Gasteiger charge is -2.35. The number of benzene rings is 1. The van der Waals surface area contributed by atoms with Crippen molar-refractivity contribution >= 4 is 46.6 Å². The van der Waals surface area contributed by atoms with Crippen LogP contribution < -0.4 is 15.4 Å². The molecule has 0 unspecified atom stereocenters. The summed E-state index contributed by atoms with van der Waals surface area (Å²) in [5, 5.41) is 15.1. The summed E-state index contributed by atoms with van der Waals surface area (Å²) < 4.78 is 25.0. The molecule has 2 aliphatic heterocycles. The highest BCUT2D eigenvalue weighted by Crippen LogP contribution is 2.28. The molecular weight excluding hydrogens is 619 g/mol. The molecule has 2 atom stereocenters. The van der Waals surface area contributed by atoms with E-state index in [9.17, 15) is 38.3 Å². The van der Waals surface area contributed by atoms with Gasteiger partial charge < -0.3 is 39.9 Å². The van der Waals surface area contributed by atoms with Crippen LogP contribution in [-0.2, 0) is 23.9 Å². The van der Waals surface area contributed by atoms with Gasteiger partial charge in [-0.2, -0.15) is 0 Å². The Morgan fingerprint density at radius 3 is 2.43 bits per heavy atom.